The van der Waals surface area contributed by atoms with Crippen molar-refractivity contribution in [2.24, 2.45) is 11.8 Å². The number of halogens is 1. The van der Waals surface area contributed by atoms with Crippen LogP contribution in [0.4, 0.5) is 4.39 Å². The number of aliphatic hydroxyl groups is 1. The van der Waals surface area contributed by atoms with Gasteiger partial charge in [-0.3, -0.25) is 0 Å². The van der Waals surface area contributed by atoms with Crippen molar-refractivity contribution in [2.75, 3.05) is 20.0 Å². The maximum atomic E-state index is 13.0. The van der Waals surface area contributed by atoms with Crippen LogP contribution in [0.2, 0.25) is 0 Å². The van der Waals surface area contributed by atoms with E-state index >= 15 is 0 Å². The Kier molecular flexibility index (Phi) is 2.62. The number of hydrogen-bond acceptors (Lipinski definition) is 3. The fraction of sp³-hybridized carbons (Fsp3) is 0.778. The summed E-state index contributed by atoms with van der Waals surface area (Å²) in [7, 11) is 0. The second kappa shape index (κ2) is 3.74. The Morgan fingerprint density at radius 3 is 3.23 bits per heavy atom. The Bertz CT molecular complexity index is 217. The number of fused-ring (bicyclic) bond motifs is 1. The zero-order valence-corrected chi connectivity index (χ0v) is 7.28. The van der Waals surface area contributed by atoms with Gasteiger partial charge in [0, 0.05) is 18.3 Å². The van der Waals surface area contributed by atoms with Gasteiger partial charge in [-0.05, 0) is 6.08 Å². The molecule has 3 nitrogen and oxygen atoms in total. The lowest BCUT2D eigenvalue weighted by atomic mass is 9.83. The van der Waals surface area contributed by atoms with Crippen molar-refractivity contribution in [1.29, 1.82) is 0 Å². The zero-order chi connectivity index (χ0) is 9.26. The molecule has 1 fully saturated rings. The van der Waals surface area contributed by atoms with E-state index in [1.807, 2.05) is 0 Å². The Balaban J connectivity index is 2.13. The molecule has 0 aromatic heterocycles. The molecule has 1 heterocycles. The average Bonchev–Trinajstić information content (AvgIpc) is 2.16. The van der Waals surface area contributed by atoms with Gasteiger partial charge in [-0.25, -0.2) is 4.39 Å². The first-order chi connectivity index (χ1) is 6.31. The predicted octanol–water partition coefficient (Wildman–Crippen LogP) is 0.841. The summed E-state index contributed by atoms with van der Waals surface area (Å²) in [6, 6.07) is 0. The monoisotopic (exact) mass is 188 g/mol. The molecule has 3 atom stereocenters. The van der Waals surface area contributed by atoms with Crippen LogP contribution in [0.5, 0.6) is 0 Å². The normalized spacial score (nSPS) is 39.5. The minimum absolute atomic E-state index is 0.0609. The van der Waals surface area contributed by atoms with Gasteiger partial charge in [0.1, 0.15) is 6.79 Å². The van der Waals surface area contributed by atoms with Crippen molar-refractivity contribution in [3.63, 3.8) is 0 Å². The molecule has 0 spiro atoms. The molecule has 2 aliphatic rings. The Morgan fingerprint density at radius 2 is 2.46 bits per heavy atom. The van der Waals surface area contributed by atoms with E-state index in [1.165, 1.54) is 6.08 Å². The molecule has 1 aliphatic heterocycles. The second-order valence-corrected chi connectivity index (χ2v) is 3.54. The third-order valence-electron chi connectivity index (χ3n) is 2.63. The number of aliphatic hydroxyl groups excluding tert-OH is 1. The first kappa shape index (κ1) is 9.12. The standard InChI is InChI=1S/C9H13FO3/c10-8-1-6(3-11)9-7(2-8)4-12-5-13-9/h1,6-7,9,11H,2-5H2. The summed E-state index contributed by atoms with van der Waals surface area (Å²) < 4.78 is 23.5. The lowest BCUT2D eigenvalue weighted by Gasteiger charge is -2.37. The molecule has 0 radical (unpaired) electrons. The molecule has 74 valence electrons. The Morgan fingerprint density at radius 1 is 1.62 bits per heavy atom. The third kappa shape index (κ3) is 1.75. The van der Waals surface area contributed by atoms with Crippen LogP contribution in [0.25, 0.3) is 0 Å². The topological polar surface area (TPSA) is 38.7 Å². The number of allylic oxidation sites excluding steroid dienone is 1. The van der Waals surface area contributed by atoms with Gasteiger partial charge in [0.15, 0.2) is 0 Å². The molecule has 4 heteroatoms. The smallest absolute Gasteiger partial charge is 0.147 e. The Hall–Kier alpha value is -0.450. The molecular weight excluding hydrogens is 175 g/mol. The summed E-state index contributed by atoms with van der Waals surface area (Å²) >= 11 is 0. The molecule has 0 aromatic carbocycles. The van der Waals surface area contributed by atoms with Crippen LogP contribution in [0.3, 0.4) is 0 Å². The van der Waals surface area contributed by atoms with E-state index in [9.17, 15) is 4.39 Å². The second-order valence-electron chi connectivity index (χ2n) is 3.54. The quantitative estimate of drug-likeness (QED) is 0.662. The number of hydrogen-bond donors (Lipinski definition) is 1. The molecule has 13 heavy (non-hydrogen) atoms. The highest BCUT2D eigenvalue weighted by Crippen LogP contribution is 2.33. The Labute approximate surface area is 76.1 Å². The van der Waals surface area contributed by atoms with Crippen molar-refractivity contribution in [3.05, 3.63) is 11.9 Å². The van der Waals surface area contributed by atoms with Crippen molar-refractivity contribution in [3.8, 4) is 0 Å². The van der Waals surface area contributed by atoms with Crippen LogP contribution in [-0.4, -0.2) is 31.2 Å². The van der Waals surface area contributed by atoms with E-state index < -0.39 is 0 Å². The fourth-order valence-electron chi connectivity index (χ4n) is 2.01. The van der Waals surface area contributed by atoms with Gasteiger partial charge >= 0.3 is 0 Å². The van der Waals surface area contributed by atoms with E-state index in [0.717, 1.165) is 0 Å². The first-order valence-corrected chi connectivity index (χ1v) is 4.47. The first-order valence-electron chi connectivity index (χ1n) is 4.47. The molecule has 2 rings (SSSR count). The maximum absolute atomic E-state index is 13.0. The van der Waals surface area contributed by atoms with Crippen molar-refractivity contribution < 1.29 is 19.0 Å². The number of rotatable bonds is 1. The summed E-state index contributed by atoms with van der Waals surface area (Å²) in [6.45, 7) is 0.726. The lowest BCUT2D eigenvalue weighted by molar-refractivity contribution is -0.188. The molecule has 0 saturated carbocycles. The van der Waals surface area contributed by atoms with E-state index in [2.05, 4.69) is 0 Å². The number of ether oxygens (including phenoxy) is 2. The van der Waals surface area contributed by atoms with Gasteiger partial charge in [0.2, 0.25) is 0 Å². The van der Waals surface area contributed by atoms with Gasteiger partial charge in [-0.2, -0.15) is 0 Å². The van der Waals surface area contributed by atoms with E-state index in [4.69, 9.17) is 14.6 Å². The van der Waals surface area contributed by atoms with Gasteiger partial charge in [-0.15, -0.1) is 0 Å². The molecule has 0 aromatic rings. The van der Waals surface area contributed by atoms with Gasteiger partial charge in [0.05, 0.1) is 25.1 Å². The van der Waals surface area contributed by atoms with Crippen LogP contribution in [-0.2, 0) is 9.47 Å². The molecule has 1 saturated heterocycles. The maximum Gasteiger partial charge on any atom is 0.147 e. The van der Waals surface area contributed by atoms with E-state index in [1.54, 1.807) is 0 Å². The largest absolute Gasteiger partial charge is 0.396 e. The predicted molar refractivity (Wildman–Crippen MR) is 43.6 cm³/mol. The minimum atomic E-state index is -0.206. The highest BCUT2D eigenvalue weighted by Gasteiger charge is 2.36. The summed E-state index contributed by atoms with van der Waals surface area (Å²) in [4.78, 5) is 0. The highest BCUT2D eigenvalue weighted by atomic mass is 19.1. The molecular formula is C9H13FO3. The SMILES string of the molecule is OCC1C=C(F)CC2COCOC12. The molecule has 1 aliphatic carbocycles. The van der Waals surface area contributed by atoms with Gasteiger partial charge in [0.25, 0.3) is 0 Å². The summed E-state index contributed by atoms with van der Waals surface area (Å²) in [5.74, 6) is -0.298. The molecule has 0 amide bonds. The van der Waals surface area contributed by atoms with Crippen LogP contribution in [0.15, 0.2) is 11.9 Å². The van der Waals surface area contributed by atoms with Gasteiger partial charge in [-0.1, -0.05) is 0 Å². The zero-order valence-electron chi connectivity index (χ0n) is 7.28. The van der Waals surface area contributed by atoms with Gasteiger partial charge < -0.3 is 14.6 Å². The average molecular weight is 188 g/mol. The third-order valence-corrected chi connectivity index (χ3v) is 2.63. The molecule has 1 N–H and O–H groups in total. The van der Waals surface area contributed by atoms with E-state index in [-0.39, 0.29) is 37.2 Å². The molecule has 3 unspecified atom stereocenters. The van der Waals surface area contributed by atoms with Crippen molar-refractivity contribution >= 4 is 0 Å². The summed E-state index contributed by atoms with van der Waals surface area (Å²) in [5.41, 5.74) is 0. The van der Waals surface area contributed by atoms with Crippen LogP contribution in [0.1, 0.15) is 6.42 Å². The minimum Gasteiger partial charge on any atom is -0.396 e. The fourth-order valence-corrected chi connectivity index (χ4v) is 2.01. The van der Waals surface area contributed by atoms with Crippen LogP contribution in [0, 0.1) is 11.8 Å². The summed E-state index contributed by atoms with van der Waals surface area (Å²) in [5, 5.41) is 9.02. The van der Waals surface area contributed by atoms with E-state index in [0.29, 0.717) is 13.0 Å². The van der Waals surface area contributed by atoms with Crippen molar-refractivity contribution in [1.82, 2.24) is 0 Å². The highest BCUT2D eigenvalue weighted by molar-refractivity contribution is 5.07. The lowest BCUT2D eigenvalue weighted by Crippen LogP contribution is -2.42. The molecule has 0 bridgehead atoms. The van der Waals surface area contributed by atoms with Crippen molar-refractivity contribution in [2.45, 2.75) is 12.5 Å². The van der Waals surface area contributed by atoms with Crippen LogP contribution < -0.4 is 0 Å². The van der Waals surface area contributed by atoms with Crippen LogP contribution >= 0.6 is 0 Å². The summed E-state index contributed by atoms with van der Waals surface area (Å²) in [6.07, 6.45) is 1.77.